The smallest absolute Gasteiger partial charge is 0.0898 e. The first-order chi connectivity index (χ1) is 7.69. The Morgan fingerprint density at radius 3 is 2.81 bits per heavy atom. The molecule has 0 aliphatic heterocycles. The number of aromatic nitrogens is 1. The lowest BCUT2D eigenvalue weighted by Gasteiger charge is -2.23. The second-order valence-electron chi connectivity index (χ2n) is 4.09. The molecule has 0 aliphatic rings. The molecule has 92 valence electrons. The molecule has 0 radical (unpaired) electrons. The molecule has 1 N–H and O–H groups in total. The third-order valence-electron chi connectivity index (χ3n) is 2.73. The highest BCUT2D eigenvalue weighted by atomic mass is 32.1. The van der Waals surface area contributed by atoms with Crippen molar-refractivity contribution in [2.75, 3.05) is 20.3 Å². The molecule has 4 heteroatoms. The Labute approximate surface area is 102 Å². The molecule has 2 unspecified atom stereocenters. The van der Waals surface area contributed by atoms with Crippen molar-refractivity contribution in [1.29, 1.82) is 0 Å². The Kier molecular flexibility index (Phi) is 5.95. The number of nitrogens with one attached hydrogen (secondary N) is 1. The van der Waals surface area contributed by atoms with Crippen molar-refractivity contribution in [2.24, 2.45) is 5.92 Å². The average Bonchev–Trinajstić information content (AvgIpc) is 2.69. The van der Waals surface area contributed by atoms with Crippen LogP contribution in [0.1, 0.15) is 37.0 Å². The minimum Gasteiger partial charge on any atom is -0.385 e. The van der Waals surface area contributed by atoms with E-state index in [0.29, 0.717) is 12.0 Å². The van der Waals surface area contributed by atoms with E-state index in [9.17, 15) is 0 Å². The predicted octanol–water partition coefficient (Wildman–Crippen LogP) is 2.77. The molecule has 1 aromatic heterocycles. The van der Waals surface area contributed by atoms with Crippen LogP contribution in [0.3, 0.4) is 0 Å². The maximum Gasteiger partial charge on any atom is 0.0898 e. The van der Waals surface area contributed by atoms with Crippen LogP contribution >= 0.6 is 11.3 Å². The summed E-state index contributed by atoms with van der Waals surface area (Å²) in [4.78, 5) is 4.57. The number of rotatable bonds is 7. The number of aryl methyl sites for hydroxylation is 1. The molecule has 2 atom stereocenters. The van der Waals surface area contributed by atoms with E-state index >= 15 is 0 Å². The highest BCUT2D eigenvalue weighted by Gasteiger charge is 2.20. The molecule has 0 amide bonds. The summed E-state index contributed by atoms with van der Waals surface area (Å²) in [5.74, 6) is 0.543. The highest BCUT2D eigenvalue weighted by Crippen LogP contribution is 2.25. The molecule has 0 aromatic carbocycles. The molecule has 1 aromatic rings. The van der Waals surface area contributed by atoms with E-state index in [2.05, 4.69) is 36.5 Å². The second kappa shape index (κ2) is 6.99. The van der Waals surface area contributed by atoms with Crippen LogP contribution < -0.4 is 5.32 Å². The van der Waals surface area contributed by atoms with Gasteiger partial charge in [0.1, 0.15) is 0 Å². The van der Waals surface area contributed by atoms with Crippen LogP contribution in [0.4, 0.5) is 0 Å². The number of hydrogen-bond acceptors (Lipinski definition) is 4. The summed E-state index contributed by atoms with van der Waals surface area (Å²) in [5.41, 5.74) is 1.17. The maximum absolute atomic E-state index is 5.14. The number of nitrogens with zero attached hydrogens (tertiary/aromatic N) is 1. The van der Waals surface area contributed by atoms with Gasteiger partial charge in [0.05, 0.1) is 16.7 Å². The van der Waals surface area contributed by atoms with Gasteiger partial charge in [0.25, 0.3) is 0 Å². The van der Waals surface area contributed by atoms with Gasteiger partial charge in [-0.2, -0.15) is 0 Å². The van der Waals surface area contributed by atoms with Gasteiger partial charge in [-0.25, -0.2) is 4.98 Å². The number of thiazole rings is 1. The van der Waals surface area contributed by atoms with Crippen molar-refractivity contribution in [1.82, 2.24) is 10.3 Å². The number of methoxy groups -OCH3 is 1. The molecule has 0 bridgehead atoms. The molecule has 16 heavy (non-hydrogen) atoms. The lowest BCUT2D eigenvalue weighted by molar-refractivity contribution is 0.170. The summed E-state index contributed by atoms with van der Waals surface area (Å²) in [6.45, 7) is 8.22. The Morgan fingerprint density at radius 2 is 2.31 bits per heavy atom. The van der Waals surface area contributed by atoms with E-state index in [0.717, 1.165) is 24.6 Å². The Bertz CT molecular complexity index is 301. The van der Waals surface area contributed by atoms with Gasteiger partial charge in [-0.05, 0) is 25.8 Å². The van der Waals surface area contributed by atoms with Gasteiger partial charge in [0, 0.05) is 19.1 Å². The van der Waals surface area contributed by atoms with Gasteiger partial charge in [-0.1, -0.05) is 13.8 Å². The van der Waals surface area contributed by atoms with E-state index in [1.54, 1.807) is 18.4 Å². The molecule has 0 saturated carbocycles. The van der Waals surface area contributed by atoms with Gasteiger partial charge >= 0.3 is 0 Å². The summed E-state index contributed by atoms with van der Waals surface area (Å²) in [7, 11) is 1.75. The van der Waals surface area contributed by atoms with Gasteiger partial charge in [0.2, 0.25) is 0 Å². The Hall–Kier alpha value is -0.450. The fourth-order valence-corrected chi connectivity index (χ4v) is 2.46. The normalized spacial score (nSPS) is 15.0. The molecular weight excluding hydrogens is 220 g/mol. The molecule has 0 aliphatic carbocycles. The molecule has 0 fully saturated rings. The fourth-order valence-electron chi connectivity index (χ4n) is 1.81. The molecule has 3 nitrogen and oxygen atoms in total. The average molecular weight is 242 g/mol. The molecule has 1 rings (SSSR count). The van der Waals surface area contributed by atoms with Crippen molar-refractivity contribution in [3.63, 3.8) is 0 Å². The first kappa shape index (κ1) is 13.6. The zero-order chi connectivity index (χ0) is 12.0. The largest absolute Gasteiger partial charge is 0.385 e. The summed E-state index contributed by atoms with van der Waals surface area (Å²) < 4.78 is 5.14. The van der Waals surface area contributed by atoms with Crippen LogP contribution in [-0.2, 0) is 4.74 Å². The van der Waals surface area contributed by atoms with Crippen molar-refractivity contribution >= 4 is 11.3 Å². The van der Waals surface area contributed by atoms with Crippen molar-refractivity contribution in [3.05, 3.63) is 16.1 Å². The molecule has 0 saturated heterocycles. The Balaban J connectivity index is 2.66. The van der Waals surface area contributed by atoms with Gasteiger partial charge in [-0.3, -0.25) is 0 Å². The van der Waals surface area contributed by atoms with Crippen molar-refractivity contribution < 1.29 is 4.74 Å². The second-order valence-corrected chi connectivity index (χ2v) is 5.15. The third kappa shape index (κ3) is 3.85. The standard InChI is InChI=1S/C12H22N2OS/c1-5-13-12(9(2)6-7-15-4)11-8-16-10(3)14-11/h8-9,12-13H,5-7H2,1-4H3. The van der Waals surface area contributed by atoms with Crippen molar-refractivity contribution in [2.45, 2.75) is 33.2 Å². The molecule has 1 heterocycles. The molecular formula is C12H22N2OS. The van der Waals surface area contributed by atoms with Gasteiger partial charge < -0.3 is 10.1 Å². The lowest BCUT2D eigenvalue weighted by Crippen LogP contribution is -2.27. The predicted molar refractivity (Wildman–Crippen MR) is 68.9 cm³/mol. The van der Waals surface area contributed by atoms with E-state index < -0.39 is 0 Å². The third-order valence-corrected chi connectivity index (χ3v) is 3.52. The van der Waals surface area contributed by atoms with Crippen LogP contribution in [0.2, 0.25) is 0 Å². The van der Waals surface area contributed by atoms with Crippen LogP contribution in [0.5, 0.6) is 0 Å². The minimum atomic E-state index is 0.352. The van der Waals surface area contributed by atoms with E-state index in [-0.39, 0.29) is 0 Å². The van der Waals surface area contributed by atoms with E-state index in [4.69, 9.17) is 4.74 Å². The van der Waals surface area contributed by atoms with Gasteiger partial charge in [0.15, 0.2) is 0 Å². The Morgan fingerprint density at radius 1 is 1.56 bits per heavy atom. The number of ether oxygens (including phenoxy) is 1. The van der Waals surface area contributed by atoms with Crippen molar-refractivity contribution in [3.8, 4) is 0 Å². The monoisotopic (exact) mass is 242 g/mol. The van der Waals surface area contributed by atoms with Crippen LogP contribution in [0, 0.1) is 12.8 Å². The maximum atomic E-state index is 5.14. The zero-order valence-electron chi connectivity index (χ0n) is 10.6. The lowest BCUT2D eigenvalue weighted by atomic mass is 9.96. The quantitative estimate of drug-likeness (QED) is 0.798. The topological polar surface area (TPSA) is 34.2 Å². The molecule has 0 spiro atoms. The summed E-state index contributed by atoms with van der Waals surface area (Å²) in [6, 6.07) is 0.352. The van der Waals surface area contributed by atoms with Gasteiger partial charge in [-0.15, -0.1) is 11.3 Å². The highest BCUT2D eigenvalue weighted by molar-refractivity contribution is 7.09. The van der Waals surface area contributed by atoms with Crippen LogP contribution in [0.25, 0.3) is 0 Å². The van der Waals surface area contributed by atoms with E-state index in [1.165, 1.54) is 5.69 Å². The summed E-state index contributed by atoms with van der Waals surface area (Å²) in [6.07, 6.45) is 1.06. The summed E-state index contributed by atoms with van der Waals surface area (Å²) in [5, 5.41) is 6.80. The number of hydrogen-bond donors (Lipinski definition) is 1. The first-order valence-electron chi connectivity index (χ1n) is 5.83. The summed E-state index contributed by atoms with van der Waals surface area (Å²) >= 11 is 1.72. The van der Waals surface area contributed by atoms with Crippen LogP contribution in [-0.4, -0.2) is 25.2 Å². The van der Waals surface area contributed by atoms with E-state index in [1.807, 2.05) is 0 Å². The minimum absolute atomic E-state index is 0.352. The zero-order valence-corrected chi connectivity index (χ0v) is 11.4. The first-order valence-corrected chi connectivity index (χ1v) is 6.71. The van der Waals surface area contributed by atoms with Crippen LogP contribution in [0.15, 0.2) is 5.38 Å². The fraction of sp³-hybridized carbons (Fsp3) is 0.750. The SMILES string of the molecule is CCNC(c1csc(C)n1)C(C)CCOC.